The van der Waals surface area contributed by atoms with Gasteiger partial charge in [0.05, 0.1) is 0 Å². The van der Waals surface area contributed by atoms with Crippen LogP contribution >= 0.6 is 31.9 Å². The summed E-state index contributed by atoms with van der Waals surface area (Å²) < 4.78 is 2.01. The summed E-state index contributed by atoms with van der Waals surface area (Å²) in [7, 11) is 0. The van der Waals surface area contributed by atoms with Crippen molar-refractivity contribution < 1.29 is 0 Å². The normalized spacial score (nSPS) is 10.7. The van der Waals surface area contributed by atoms with E-state index in [1.54, 1.807) is 0 Å². The second-order valence-electron chi connectivity index (χ2n) is 7.30. The van der Waals surface area contributed by atoms with Crippen LogP contribution < -0.4 is 4.90 Å². The maximum atomic E-state index is 4.91. The third kappa shape index (κ3) is 4.87. The molecule has 0 saturated carbocycles. The van der Waals surface area contributed by atoms with E-state index in [4.69, 9.17) is 15.0 Å². The molecule has 6 heteroatoms. The Bertz CT molecular complexity index is 1250. The Labute approximate surface area is 209 Å². The van der Waals surface area contributed by atoms with E-state index < -0.39 is 0 Å². The van der Waals surface area contributed by atoms with Crippen LogP contribution in [0.25, 0.3) is 22.8 Å². The van der Waals surface area contributed by atoms with Crippen LogP contribution in [0.3, 0.4) is 0 Å². The maximum absolute atomic E-state index is 4.91. The SMILES string of the molecule is Brc1ccc(N(c2ccc(Br)cc2)c2nc(-c3ccccc3)nc(-c3ccccc3)n2)cc1. The van der Waals surface area contributed by atoms with Gasteiger partial charge < -0.3 is 0 Å². The maximum Gasteiger partial charge on any atom is 0.238 e. The van der Waals surface area contributed by atoms with Gasteiger partial charge in [-0.25, -0.2) is 4.98 Å². The molecule has 0 amide bonds. The van der Waals surface area contributed by atoms with E-state index in [-0.39, 0.29) is 0 Å². The fraction of sp³-hybridized carbons (Fsp3) is 0. The molecule has 0 N–H and O–H groups in total. The molecule has 5 rings (SSSR count). The van der Waals surface area contributed by atoms with Gasteiger partial charge in [-0.3, -0.25) is 4.90 Å². The number of benzene rings is 4. The molecule has 0 spiro atoms. The number of hydrogen-bond acceptors (Lipinski definition) is 4. The summed E-state index contributed by atoms with van der Waals surface area (Å²) in [5.74, 6) is 1.80. The van der Waals surface area contributed by atoms with Crippen molar-refractivity contribution in [2.75, 3.05) is 4.90 Å². The van der Waals surface area contributed by atoms with Crippen molar-refractivity contribution in [2.24, 2.45) is 0 Å². The summed E-state index contributed by atoms with van der Waals surface area (Å²) in [6.45, 7) is 0. The topological polar surface area (TPSA) is 41.9 Å². The van der Waals surface area contributed by atoms with Gasteiger partial charge in [-0.1, -0.05) is 92.5 Å². The number of aromatic nitrogens is 3. The summed E-state index contributed by atoms with van der Waals surface area (Å²) in [4.78, 5) is 16.7. The lowest BCUT2D eigenvalue weighted by Gasteiger charge is -2.24. The zero-order chi connectivity index (χ0) is 22.6. The molecule has 4 aromatic carbocycles. The van der Waals surface area contributed by atoms with Gasteiger partial charge in [-0.15, -0.1) is 0 Å². The minimum Gasteiger partial charge on any atom is -0.279 e. The Kier molecular flexibility index (Phi) is 6.28. The number of rotatable bonds is 5. The van der Waals surface area contributed by atoms with Crippen LogP contribution in [-0.4, -0.2) is 15.0 Å². The first-order valence-electron chi connectivity index (χ1n) is 10.4. The molecule has 0 saturated heterocycles. The Hall–Kier alpha value is -3.35. The molecular formula is C27H18Br2N4. The molecule has 0 aliphatic rings. The van der Waals surface area contributed by atoms with Gasteiger partial charge in [0.1, 0.15) is 0 Å². The average molecular weight is 558 g/mol. The first-order valence-corrected chi connectivity index (χ1v) is 11.9. The molecular weight excluding hydrogens is 540 g/mol. The van der Waals surface area contributed by atoms with E-state index in [1.807, 2.05) is 114 Å². The standard InChI is InChI=1S/C27H18Br2N4/c28-21-11-15-23(16-12-21)33(24-17-13-22(29)14-18-24)27-31-25(19-7-3-1-4-8-19)30-26(32-27)20-9-5-2-6-10-20/h1-18H. The smallest absolute Gasteiger partial charge is 0.238 e. The van der Waals surface area contributed by atoms with E-state index in [0.29, 0.717) is 17.6 Å². The van der Waals surface area contributed by atoms with Gasteiger partial charge in [0.25, 0.3) is 0 Å². The molecule has 5 aromatic rings. The average Bonchev–Trinajstić information content (AvgIpc) is 2.87. The molecule has 0 aliphatic carbocycles. The summed E-state index contributed by atoms with van der Waals surface area (Å²) in [5, 5.41) is 0. The second-order valence-corrected chi connectivity index (χ2v) is 9.13. The van der Waals surface area contributed by atoms with Gasteiger partial charge in [0, 0.05) is 31.4 Å². The fourth-order valence-electron chi connectivity index (χ4n) is 3.46. The summed E-state index contributed by atoms with van der Waals surface area (Å²) in [6.07, 6.45) is 0. The second kappa shape index (κ2) is 9.65. The lowest BCUT2D eigenvalue weighted by atomic mass is 10.2. The Morgan fingerprint density at radius 3 is 1.24 bits per heavy atom. The lowest BCUT2D eigenvalue weighted by molar-refractivity contribution is 1.02. The first-order chi connectivity index (χ1) is 16.2. The highest BCUT2D eigenvalue weighted by Crippen LogP contribution is 2.35. The van der Waals surface area contributed by atoms with Crippen LogP contribution in [0.4, 0.5) is 17.3 Å². The van der Waals surface area contributed by atoms with E-state index in [0.717, 1.165) is 31.4 Å². The van der Waals surface area contributed by atoms with Gasteiger partial charge >= 0.3 is 0 Å². The zero-order valence-electron chi connectivity index (χ0n) is 17.4. The molecule has 0 unspecified atom stereocenters. The van der Waals surface area contributed by atoms with E-state index in [9.17, 15) is 0 Å². The number of halogens is 2. The third-order valence-corrected chi connectivity index (χ3v) is 6.11. The first kappa shape index (κ1) is 21.5. The highest BCUT2D eigenvalue weighted by Gasteiger charge is 2.19. The predicted molar refractivity (Wildman–Crippen MR) is 141 cm³/mol. The largest absolute Gasteiger partial charge is 0.279 e. The Morgan fingerprint density at radius 2 is 0.848 bits per heavy atom. The lowest BCUT2D eigenvalue weighted by Crippen LogP contribution is -2.15. The fourth-order valence-corrected chi connectivity index (χ4v) is 3.99. The molecule has 4 nitrogen and oxygen atoms in total. The number of nitrogens with zero attached hydrogens (tertiary/aromatic N) is 4. The molecule has 160 valence electrons. The minimum atomic E-state index is 0.548. The van der Waals surface area contributed by atoms with Crippen LogP contribution in [-0.2, 0) is 0 Å². The molecule has 0 atom stereocenters. The van der Waals surface area contributed by atoms with Gasteiger partial charge in [0.2, 0.25) is 5.95 Å². The predicted octanol–water partition coefficient (Wildman–Crippen LogP) is 8.20. The summed E-state index contributed by atoms with van der Waals surface area (Å²) in [5.41, 5.74) is 3.77. The van der Waals surface area contributed by atoms with Crippen molar-refractivity contribution in [3.8, 4) is 22.8 Å². The van der Waals surface area contributed by atoms with E-state index in [1.165, 1.54) is 0 Å². The zero-order valence-corrected chi connectivity index (χ0v) is 20.6. The van der Waals surface area contributed by atoms with Crippen LogP contribution in [0.5, 0.6) is 0 Å². The van der Waals surface area contributed by atoms with Crippen molar-refractivity contribution in [3.63, 3.8) is 0 Å². The molecule has 0 bridgehead atoms. The molecule has 0 fully saturated rings. The number of anilines is 3. The van der Waals surface area contributed by atoms with Crippen molar-refractivity contribution in [2.45, 2.75) is 0 Å². The van der Waals surface area contributed by atoms with Crippen molar-refractivity contribution in [1.29, 1.82) is 0 Å². The molecule has 1 heterocycles. The van der Waals surface area contributed by atoms with Crippen molar-refractivity contribution in [1.82, 2.24) is 15.0 Å². The molecule has 0 aliphatic heterocycles. The van der Waals surface area contributed by atoms with Crippen LogP contribution in [0, 0.1) is 0 Å². The van der Waals surface area contributed by atoms with Crippen LogP contribution in [0.1, 0.15) is 0 Å². The highest BCUT2D eigenvalue weighted by molar-refractivity contribution is 9.10. The Balaban J connectivity index is 1.74. The van der Waals surface area contributed by atoms with Gasteiger partial charge in [-0.2, -0.15) is 9.97 Å². The minimum absolute atomic E-state index is 0.548. The van der Waals surface area contributed by atoms with Gasteiger partial charge in [-0.05, 0) is 48.5 Å². The molecule has 0 radical (unpaired) electrons. The van der Waals surface area contributed by atoms with Crippen molar-refractivity contribution in [3.05, 3.63) is 118 Å². The molecule has 33 heavy (non-hydrogen) atoms. The molecule has 1 aromatic heterocycles. The quantitative estimate of drug-likeness (QED) is 0.218. The van der Waals surface area contributed by atoms with Gasteiger partial charge in [0.15, 0.2) is 11.6 Å². The Morgan fingerprint density at radius 1 is 0.455 bits per heavy atom. The van der Waals surface area contributed by atoms with Crippen LogP contribution in [0.2, 0.25) is 0 Å². The number of hydrogen-bond donors (Lipinski definition) is 0. The van der Waals surface area contributed by atoms with Crippen LogP contribution in [0.15, 0.2) is 118 Å². The summed E-state index contributed by atoms with van der Waals surface area (Å²) in [6, 6.07) is 36.2. The monoisotopic (exact) mass is 556 g/mol. The van der Waals surface area contributed by atoms with E-state index in [2.05, 4.69) is 31.9 Å². The highest BCUT2D eigenvalue weighted by atomic mass is 79.9. The van der Waals surface area contributed by atoms with Crippen molar-refractivity contribution >= 4 is 49.2 Å². The summed E-state index contributed by atoms with van der Waals surface area (Å²) >= 11 is 7.07. The van der Waals surface area contributed by atoms with E-state index >= 15 is 0 Å². The third-order valence-electron chi connectivity index (χ3n) is 5.06.